The fourth-order valence-electron chi connectivity index (χ4n) is 2.14. The van der Waals surface area contributed by atoms with Gasteiger partial charge in [0.15, 0.2) is 0 Å². The van der Waals surface area contributed by atoms with Gasteiger partial charge in [-0.3, -0.25) is 5.32 Å². The fourth-order valence-corrected chi connectivity index (χ4v) is 2.32. The third-order valence-corrected chi connectivity index (χ3v) is 3.38. The molecule has 0 spiro atoms. The van der Waals surface area contributed by atoms with Crippen molar-refractivity contribution in [1.29, 1.82) is 0 Å². The molecular formula is C13H17ClN2O2. The maximum absolute atomic E-state index is 11.7. The molecule has 2 unspecified atom stereocenters. The van der Waals surface area contributed by atoms with Crippen molar-refractivity contribution in [1.82, 2.24) is 0 Å². The van der Waals surface area contributed by atoms with Crippen LogP contribution in [0.15, 0.2) is 24.3 Å². The van der Waals surface area contributed by atoms with E-state index in [4.69, 9.17) is 22.1 Å². The van der Waals surface area contributed by atoms with Crippen molar-refractivity contribution in [3.05, 3.63) is 29.3 Å². The van der Waals surface area contributed by atoms with Gasteiger partial charge in [0.2, 0.25) is 0 Å². The van der Waals surface area contributed by atoms with Crippen LogP contribution in [-0.2, 0) is 4.74 Å². The van der Waals surface area contributed by atoms with Gasteiger partial charge < -0.3 is 10.5 Å². The van der Waals surface area contributed by atoms with Crippen LogP contribution in [0.4, 0.5) is 10.5 Å². The maximum Gasteiger partial charge on any atom is 0.411 e. The van der Waals surface area contributed by atoms with E-state index in [1.165, 1.54) is 0 Å². The second kappa shape index (κ2) is 6.07. The van der Waals surface area contributed by atoms with Crippen molar-refractivity contribution in [2.75, 3.05) is 5.32 Å². The third-order valence-electron chi connectivity index (χ3n) is 3.05. The van der Waals surface area contributed by atoms with Gasteiger partial charge in [-0.05, 0) is 37.8 Å². The van der Waals surface area contributed by atoms with E-state index in [0.717, 1.165) is 25.7 Å². The van der Waals surface area contributed by atoms with Gasteiger partial charge >= 0.3 is 6.09 Å². The van der Waals surface area contributed by atoms with E-state index in [-0.39, 0.29) is 12.1 Å². The molecule has 2 atom stereocenters. The first-order valence-corrected chi connectivity index (χ1v) is 6.50. The van der Waals surface area contributed by atoms with Gasteiger partial charge in [-0.1, -0.05) is 23.7 Å². The van der Waals surface area contributed by atoms with Crippen LogP contribution in [0.2, 0.25) is 5.02 Å². The standard InChI is InChI=1S/C13H17ClN2O2/c14-11-6-1-2-7-12(11)16-13(17)18-10-5-3-4-9(15)8-10/h1-2,6-7,9-10H,3-5,8,15H2,(H,16,17). The van der Waals surface area contributed by atoms with Crippen LogP contribution in [0.1, 0.15) is 25.7 Å². The first-order chi connectivity index (χ1) is 8.65. The van der Waals surface area contributed by atoms with Crippen molar-refractivity contribution in [3.8, 4) is 0 Å². The molecule has 18 heavy (non-hydrogen) atoms. The number of nitrogens with two attached hydrogens (primary N) is 1. The average Bonchev–Trinajstić information content (AvgIpc) is 2.32. The van der Waals surface area contributed by atoms with Crippen LogP contribution < -0.4 is 11.1 Å². The highest BCUT2D eigenvalue weighted by Crippen LogP contribution is 2.23. The topological polar surface area (TPSA) is 64.3 Å². The van der Waals surface area contributed by atoms with Crippen molar-refractivity contribution >= 4 is 23.4 Å². The molecule has 0 bridgehead atoms. The Morgan fingerprint density at radius 3 is 2.89 bits per heavy atom. The van der Waals surface area contributed by atoms with E-state index in [9.17, 15) is 4.79 Å². The summed E-state index contributed by atoms with van der Waals surface area (Å²) in [5.41, 5.74) is 6.40. The van der Waals surface area contributed by atoms with Gasteiger partial charge in [0.05, 0.1) is 10.7 Å². The lowest BCUT2D eigenvalue weighted by Crippen LogP contribution is -2.34. The molecule has 0 aliphatic heterocycles. The minimum atomic E-state index is -0.470. The lowest BCUT2D eigenvalue weighted by atomic mass is 9.94. The monoisotopic (exact) mass is 268 g/mol. The SMILES string of the molecule is NC1CCCC(OC(=O)Nc2ccccc2Cl)C1. The molecular weight excluding hydrogens is 252 g/mol. The van der Waals surface area contributed by atoms with Crippen LogP contribution in [0.5, 0.6) is 0 Å². The molecule has 5 heteroatoms. The molecule has 0 radical (unpaired) electrons. The molecule has 4 nitrogen and oxygen atoms in total. The number of hydrogen-bond donors (Lipinski definition) is 2. The average molecular weight is 269 g/mol. The van der Waals surface area contributed by atoms with Crippen molar-refractivity contribution in [2.45, 2.75) is 37.8 Å². The quantitative estimate of drug-likeness (QED) is 0.866. The normalized spacial score (nSPS) is 23.4. The van der Waals surface area contributed by atoms with Crippen LogP contribution in [0, 0.1) is 0 Å². The predicted octanol–water partition coefficient (Wildman–Crippen LogP) is 3.16. The molecule has 1 aliphatic carbocycles. The molecule has 1 saturated carbocycles. The van der Waals surface area contributed by atoms with E-state index >= 15 is 0 Å². The minimum Gasteiger partial charge on any atom is -0.446 e. The summed E-state index contributed by atoms with van der Waals surface area (Å²) >= 11 is 5.94. The summed E-state index contributed by atoms with van der Waals surface area (Å²) in [7, 11) is 0. The summed E-state index contributed by atoms with van der Waals surface area (Å²) in [6.07, 6.45) is 3.06. The van der Waals surface area contributed by atoms with Gasteiger partial charge in [0.25, 0.3) is 0 Å². The zero-order valence-electron chi connectivity index (χ0n) is 10.1. The van der Waals surface area contributed by atoms with Crippen molar-refractivity contribution in [2.24, 2.45) is 5.73 Å². The Labute approximate surface area is 111 Å². The number of rotatable bonds is 2. The van der Waals surface area contributed by atoms with E-state index in [2.05, 4.69) is 5.32 Å². The smallest absolute Gasteiger partial charge is 0.411 e. The molecule has 0 heterocycles. The minimum absolute atomic E-state index is 0.0868. The largest absolute Gasteiger partial charge is 0.446 e. The highest BCUT2D eigenvalue weighted by Gasteiger charge is 2.22. The van der Waals surface area contributed by atoms with Crippen LogP contribution in [-0.4, -0.2) is 18.2 Å². The molecule has 1 aromatic rings. The van der Waals surface area contributed by atoms with Crippen LogP contribution in [0.25, 0.3) is 0 Å². The molecule has 1 aromatic carbocycles. The van der Waals surface area contributed by atoms with Crippen LogP contribution in [0.3, 0.4) is 0 Å². The second-order valence-electron chi connectivity index (χ2n) is 4.56. The number of benzene rings is 1. The molecule has 0 saturated heterocycles. The number of amides is 1. The Bertz CT molecular complexity index is 425. The highest BCUT2D eigenvalue weighted by atomic mass is 35.5. The Kier molecular flexibility index (Phi) is 4.44. The maximum atomic E-state index is 11.7. The number of anilines is 1. The molecule has 2 rings (SSSR count). The Balaban J connectivity index is 1.87. The third kappa shape index (κ3) is 3.62. The number of nitrogens with one attached hydrogen (secondary N) is 1. The van der Waals surface area contributed by atoms with Gasteiger partial charge in [-0.25, -0.2) is 4.79 Å². The van der Waals surface area contributed by atoms with E-state index in [0.29, 0.717) is 10.7 Å². The number of hydrogen-bond acceptors (Lipinski definition) is 3. The van der Waals surface area contributed by atoms with E-state index < -0.39 is 6.09 Å². The number of ether oxygens (including phenoxy) is 1. The van der Waals surface area contributed by atoms with Gasteiger partial charge in [-0.2, -0.15) is 0 Å². The number of para-hydroxylation sites is 1. The van der Waals surface area contributed by atoms with Gasteiger partial charge in [0.1, 0.15) is 6.10 Å². The van der Waals surface area contributed by atoms with Gasteiger partial charge in [-0.15, -0.1) is 0 Å². The number of halogens is 1. The summed E-state index contributed by atoms with van der Waals surface area (Å²) in [6, 6.07) is 7.19. The highest BCUT2D eigenvalue weighted by molar-refractivity contribution is 6.33. The Hall–Kier alpha value is -1.26. The van der Waals surface area contributed by atoms with Gasteiger partial charge in [0, 0.05) is 6.04 Å². The zero-order chi connectivity index (χ0) is 13.0. The molecule has 1 amide bonds. The molecule has 0 aromatic heterocycles. The summed E-state index contributed by atoms with van der Waals surface area (Å²) in [4.78, 5) is 11.7. The van der Waals surface area contributed by atoms with Crippen molar-refractivity contribution < 1.29 is 9.53 Å². The number of carbonyl (C=O) groups excluding carboxylic acids is 1. The predicted molar refractivity (Wildman–Crippen MR) is 71.8 cm³/mol. The fraction of sp³-hybridized carbons (Fsp3) is 0.462. The number of carbonyl (C=O) groups is 1. The first kappa shape index (κ1) is 13.2. The lowest BCUT2D eigenvalue weighted by Gasteiger charge is -2.26. The van der Waals surface area contributed by atoms with E-state index in [1.54, 1.807) is 24.3 Å². The second-order valence-corrected chi connectivity index (χ2v) is 4.97. The molecule has 1 aliphatic rings. The summed E-state index contributed by atoms with van der Waals surface area (Å²) in [5.74, 6) is 0. The Morgan fingerprint density at radius 1 is 1.39 bits per heavy atom. The van der Waals surface area contributed by atoms with E-state index in [1.807, 2.05) is 0 Å². The Morgan fingerprint density at radius 2 is 2.17 bits per heavy atom. The van der Waals surface area contributed by atoms with Crippen molar-refractivity contribution in [3.63, 3.8) is 0 Å². The summed E-state index contributed by atoms with van der Waals surface area (Å²) in [5, 5.41) is 3.13. The molecule has 3 N–H and O–H groups in total. The first-order valence-electron chi connectivity index (χ1n) is 6.13. The lowest BCUT2D eigenvalue weighted by molar-refractivity contribution is 0.0811. The molecule has 98 valence electrons. The zero-order valence-corrected chi connectivity index (χ0v) is 10.8. The molecule has 1 fully saturated rings. The summed E-state index contributed by atoms with van der Waals surface area (Å²) in [6.45, 7) is 0. The van der Waals surface area contributed by atoms with Crippen LogP contribution >= 0.6 is 11.6 Å². The summed E-state index contributed by atoms with van der Waals surface area (Å²) < 4.78 is 5.33.